The smallest absolute Gasteiger partial charge is 0.339 e. The van der Waals surface area contributed by atoms with E-state index < -0.39 is 29.6 Å². The van der Waals surface area contributed by atoms with Crippen LogP contribution in [0.2, 0.25) is 0 Å². The van der Waals surface area contributed by atoms with Crippen molar-refractivity contribution >= 4 is 29.2 Å². The van der Waals surface area contributed by atoms with Crippen LogP contribution in [0.25, 0.3) is 0 Å². The molecule has 3 aromatic carbocycles. The molecule has 2 aliphatic heterocycles. The maximum Gasteiger partial charge on any atom is 0.339 e. The molecular weight excluding hydrogens is 454 g/mol. The van der Waals surface area contributed by atoms with E-state index in [1.807, 2.05) is 12.1 Å². The van der Waals surface area contributed by atoms with Crippen LogP contribution in [0.5, 0.6) is 0 Å². The summed E-state index contributed by atoms with van der Waals surface area (Å²) in [4.78, 5) is 41.4. The van der Waals surface area contributed by atoms with Gasteiger partial charge in [-0.15, -0.1) is 0 Å². The summed E-state index contributed by atoms with van der Waals surface area (Å²) in [6, 6.07) is 17.8. The van der Waals surface area contributed by atoms with Gasteiger partial charge in [-0.2, -0.15) is 0 Å². The maximum absolute atomic E-state index is 13.5. The van der Waals surface area contributed by atoms with Crippen LogP contribution in [0.4, 0.5) is 20.2 Å². The molecule has 5 rings (SSSR count). The summed E-state index contributed by atoms with van der Waals surface area (Å²) in [7, 11) is 0. The molecule has 0 N–H and O–H groups in total. The highest BCUT2D eigenvalue weighted by atomic mass is 19.1. The molecule has 2 heterocycles. The Balaban J connectivity index is 1.31. The molecule has 3 aromatic rings. The molecule has 0 saturated carbocycles. The molecule has 35 heavy (non-hydrogen) atoms. The van der Waals surface area contributed by atoms with E-state index >= 15 is 0 Å². The Kier molecular flexibility index (Phi) is 5.80. The zero-order chi connectivity index (χ0) is 24.6. The second-order valence-electron chi connectivity index (χ2n) is 8.67. The average Bonchev–Trinajstić information content (AvgIpc) is 3.13. The molecule has 1 spiro atoms. The summed E-state index contributed by atoms with van der Waals surface area (Å²) in [6.45, 7) is 0.668. The van der Waals surface area contributed by atoms with Gasteiger partial charge in [-0.25, -0.2) is 13.6 Å². The molecule has 0 bridgehead atoms. The van der Waals surface area contributed by atoms with Gasteiger partial charge >= 0.3 is 5.97 Å². The first kappa shape index (κ1) is 22.7. The van der Waals surface area contributed by atoms with Crippen LogP contribution in [0.15, 0.2) is 72.8 Å². The van der Waals surface area contributed by atoms with E-state index in [1.54, 1.807) is 17.0 Å². The van der Waals surface area contributed by atoms with Crippen molar-refractivity contribution in [3.05, 3.63) is 95.6 Å². The second-order valence-corrected chi connectivity index (χ2v) is 8.67. The first-order valence-electron chi connectivity index (χ1n) is 11.3. The van der Waals surface area contributed by atoms with Gasteiger partial charge in [0.25, 0.3) is 0 Å². The molecule has 0 aromatic heterocycles. The van der Waals surface area contributed by atoms with E-state index in [0.717, 1.165) is 5.56 Å². The predicted molar refractivity (Wildman–Crippen MR) is 124 cm³/mol. The lowest BCUT2D eigenvalue weighted by Crippen LogP contribution is -2.46. The molecule has 0 atom stereocenters. The van der Waals surface area contributed by atoms with E-state index in [4.69, 9.17) is 4.74 Å². The van der Waals surface area contributed by atoms with Crippen molar-refractivity contribution in [3.63, 3.8) is 0 Å². The topological polar surface area (TPSA) is 66.9 Å². The number of piperidine rings is 1. The highest BCUT2D eigenvalue weighted by Gasteiger charge is 2.47. The van der Waals surface area contributed by atoms with Crippen LogP contribution in [0.1, 0.15) is 35.2 Å². The lowest BCUT2D eigenvalue weighted by molar-refractivity contribution is -0.138. The minimum absolute atomic E-state index is 0.334. The van der Waals surface area contributed by atoms with E-state index in [0.29, 0.717) is 42.9 Å². The van der Waals surface area contributed by atoms with Crippen LogP contribution in [0.3, 0.4) is 0 Å². The molecule has 0 aliphatic carbocycles. The molecule has 1 fully saturated rings. The van der Waals surface area contributed by atoms with Crippen molar-refractivity contribution in [2.75, 3.05) is 18.0 Å². The van der Waals surface area contributed by atoms with Crippen LogP contribution < -0.4 is 4.90 Å². The van der Waals surface area contributed by atoms with Gasteiger partial charge in [-0.05, 0) is 54.6 Å². The highest BCUT2D eigenvalue weighted by Crippen LogP contribution is 2.44. The van der Waals surface area contributed by atoms with Crippen LogP contribution in [0, 0.1) is 11.6 Å². The van der Waals surface area contributed by atoms with E-state index in [1.165, 1.54) is 53.4 Å². The van der Waals surface area contributed by atoms with Crippen molar-refractivity contribution in [1.82, 2.24) is 4.90 Å². The Morgan fingerprint density at radius 1 is 0.857 bits per heavy atom. The van der Waals surface area contributed by atoms with Gasteiger partial charge in [0.05, 0.1) is 5.56 Å². The molecule has 6 nitrogen and oxygen atoms in total. The van der Waals surface area contributed by atoms with Crippen LogP contribution >= 0.6 is 0 Å². The fourth-order valence-corrected chi connectivity index (χ4v) is 4.77. The molecule has 0 unspecified atom stereocenters. The van der Waals surface area contributed by atoms with Gasteiger partial charge in [-0.3, -0.25) is 14.5 Å². The van der Waals surface area contributed by atoms with Crippen LogP contribution in [-0.4, -0.2) is 35.8 Å². The first-order valence-corrected chi connectivity index (χ1v) is 11.3. The Morgan fingerprint density at radius 3 is 1.97 bits per heavy atom. The average molecular weight is 476 g/mol. The largest absolute Gasteiger partial charge is 0.450 e. The summed E-state index contributed by atoms with van der Waals surface area (Å²) in [5, 5.41) is 0. The molecule has 0 radical (unpaired) electrons. The number of ether oxygens (including phenoxy) is 1. The van der Waals surface area contributed by atoms with Gasteiger partial charge in [0, 0.05) is 42.9 Å². The number of hydrogen-bond donors (Lipinski definition) is 0. The SMILES string of the molecule is O=C1OC2(CCN(C(=O)CC(=O)N(c3ccc(F)cc3)c3ccc(F)cc3)CC2)c2ccccc21. The number of amides is 2. The van der Waals surface area contributed by atoms with Gasteiger partial charge in [0.15, 0.2) is 0 Å². The number of esters is 1. The summed E-state index contributed by atoms with van der Waals surface area (Å²) in [5.74, 6) is -2.17. The van der Waals surface area contributed by atoms with Gasteiger partial charge < -0.3 is 9.64 Å². The number of carbonyl (C=O) groups is 3. The molecule has 178 valence electrons. The van der Waals surface area contributed by atoms with E-state index in [9.17, 15) is 23.2 Å². The van der Waals surface area contributed by atoms with Crippen molar-refractivity contribution < 1.29 is 27.9 Å². The number of nitrogens with zero attached hydrogens (tertiary/aromatic N) is 2. The van der Waals surface area contributed by atoms with Crippen molar-refractivity contribution in [1.29, 1.82) is 0 Å². The van der Waals surface area contributed by atoms with Gasteiger partial charge in [-0.1, -0.05) is 18.2 Å². The van der Waals surface area contributed by atoms with Crippen molar-refractivity contribution in [3.8, 4) is 0 Å². The lowest BCUT2D eigenvalue weighted by atomic mass is 9.83. The van der Waals surface area contributed by atoms with Gasteiger partial charge in [0.1, 0.15) is 23.7 Å². The predicted octanol–water partition coefficient (Wildman–Crippen LogP) is 4.71. The third-order valence-corrected chi connectivity index (χ3v) is 6.57. The number of halogens is 2. The molecular formula is C27H22F2N2O4. The Labute approximate surface area is 200 Å². The normalized spacial score (nSPS) is 16.1. The summed E-state index contributed by atoms with van der Waals surface area (Å²) < 4.78 is 32.6. The lowest BCUT2D eigenvalue weighted by Gasteiger charge is -2.38. The number of hydrogen-bond acceptors (Lipinski definition) is 4. The number of benzene rings is 3. The number of anilines is 2. The maximum atomic E-state index is 13.5. The summed E-state index contributed by atoms with van der Waals surface area (Å²) in [5.41, 5.74) is 1.37. The summed E-state index contributed by atoms with van der Waals surface area (Å²) >= 11 is 0. The summed E-state index contributed by atoms with van der Waals surface area (Å²) in [6.07, 6.45) is 0.461. The number of carbonyl (C=O) groups excluding carboxylic acids is 3. The van der Waals surface area contributed by atoms with Crippen molar-refractivity contribution in [2.45, 2.75) is 24.9 Å². The van der Waals surface area contributed by atoms with Crippen molar-refractivity contribution in [2.24, 2.45) is 0 Å². The van der Waals surface area contributed by atoms with E-state index in [2.05, 4.69) is 0 Å². The second kappa shape index (κ2) is 8.94. The minimum Gasteiger partial charge on any atom is -0.450 e. The number of rotatable bonds is 4. The Bertz CT molecular complexity index is 1240. The fraction of sp³-hybridized carbons (Fsp3) is 0.222. The standard InChI is InChI=1S/C27H22F2N2O4/c28-18-5-9-20(10-6-18)31(21-11-7-19(29)8-12-21)25(33)17-24(32)30-15-13-27(14-16-30)23-4-2-1-3-22(23)26(34)35-27/h1-12H,13-17H2. The Hall–Kier alpha value is -4.07. The fourth-order valence-electron chi connectivity index (χ4n) is 4.77. The first-order chi connectivity index (χ1) is 16.9. The third-order valence-electron chi connectivity index (χ3n) is 6.57. The Morgan fingerprint density at radius 2 is 1.40 bits per heavy atom. The zero-order valence-corrected chi connectivity index (χ0v) is 18.7. The molecule has 2 amide bonds. The molecule has 2 aliphatic rings. The molecule has 8 heteroatoms. The number of likely N-dealkylation sites (tertiary alicyclic amines) is 1. The highest BCUT2D eigenvalue weighted by molar-refractivity contribution is 6.09. The third kappa shape index (κ3) is 4.27. The van der Waals surface area contributed by atoms with Gasteiger partial charge in [0.2, 0.25) is 11.8 Å². The van der Waals surface area contributed by atoms with E-state index in [-0.39, 0.29) is 11.9 Å². The zero-order valence-electron chi connectivity index (χ0n) is 18.7. The quantitative estimate of drug-likeness (QED) is 0.404. The molecule has 1 saturated heterocycles. The monoisotopic (exact) mass is 476 g/mol. The minimum atomic E-state index is -0.747. The number of fused-ring (bicyclic) bond motifs is 2. The van der Waals surface area contributed by atoms with Crippen LogP contribution in [-0.2, 0) is 19.9 Å².